The molecule has 1 aliphatic heterocycles. The smallest absolute Gasteiger partial charge is 0.222 e. The third-order valence-electron chi connectivity index (χ3n) is 4.28. The minimum Gasteiger partial charge on any atom is -0.493 e. The first-order chi connectivity index (χ1) is 11.7. The first-order valence-electron chi connectivity index (χ1n) is 8.22. The number of hydrogen-bond acceptors (Lipinski definition) is 4. The number of amides is 1. The van der Waals surface area contributed by atoms with Crippen molar-refractivity contribution < 1.29 is 14.3 Å². The van der Waals surface area contributed by atoms with Gasteiger partial charge in [-0.05, 0) is 25.5 Å². The highest BCUT2D eigenvalue weighted by Crippen LogP contribution is 2.28. The average molecular weight is 329 g/mol. The van der Waals surface area contributed by atoms with Gasteiger partial charge in [-0.1, -0.05) is 12.1 Å². The number of rotatable bonds is 7. The Hall–Kier alpha value is -2.50. The number of nitrogens with zero attached hydrogens (tertiary/aromatic N) is 3. The van der Waals surface area contributed by atoms with Crippen LogP contribution in [0.4, 0.5) is 0 Å². The van der Waals surface area contributed by atoms with E-state index in [1.165, 1.54) is 0 Å². The van der Waals surface area contributed by atoms with Gasteiger partial charge in [0.05, 0.1) is 20.2 Å². The summed E-state index contributed by atoms with van der Waals surface area (Å²) in [7, 11) is 1.63. The summed E-state index contributed by atoms with van der Waals surface area (Å²) in [6.45, 7) is 4.07. The second-order valence-corrected chi connectivity index (χ2v) is 5.96. The van der Waals surface area contributed by atoms with Crippen LogP contribution in [0.5, 0.6) is 11.5 Å². The average Bonchev–Trinajstić information content (AvgIpc) is 2.96. The van der Waals surface area contributed by atoms with Gasteiger partial charge in [0.1, 0.15) is 11.9 Å². The first-order valence-corrected chi connectivity index (χ1v) is 8.22. The lowest BCUT2D eigenvalue weighted by atomic mass is 10.1. The van der Waals surface area contributed by atoms with Crippen LogP contribution in [0.3, 0.4) is 0 Å². The van der Waals surface area contributed by atoms with Gasteiger partial charge >= 0.3 is 0 Å². The number of carbonyl (C=O) groups excluding carboxylic acids is 1. The van der Waals surface area contributed by atoms with Crippen molar-refractivity contribution in [2.45, 2.75) is 32.4 Å². The third kappa shape index (κ3) is 3.69. The maximum absolute atomic E-state index is 12.2. The highest BCUT2D eigenvalue weighted by atomic mass is 16.5. The summed E-state index contributed by atoms with van der Waals surface area (Å²) in [6, 6.07) is 7.58. The van der Waals surface area contributed by atoms with Crippen LogP contribution in [0, 0.1) is 6.92 Å². The number of aryl methyl sites for hydroxylation is 2. The summed E-state index contributed by atoms with van der Waals surface area (Å²) >= 11 is 0. The van der Waals surface area contributed by atoms with Gasteiger partial charge in [0.15, 0.2) is 11.5 Å². The fourth-order valence-electron chi connectivity index (χ4n) is 2.81. The molecule has 24 heavy (non-hydrogen) atoms. The molecule has 0 aliphatic carbocycles. The van der Waals surface area contributed by atoms with Crippen molar-refractivity contribution in [2.24, 2.45) is 0 Å². The van der Waals surface area contributed by atoms with Gasteiger partial charge in [-0.3, -0.25) is 4.79 Å². The minimum atomic E-state index is 0.0427. The van der Waals surface area contributed by atoms with Crippen LogP contribution in [0.25, 0.3) is 0 Å². The lowest BCUT2D eigenvalue weighted by molar-refractivity contribution is -0.140. The molecule has 128 valence electrons. The normalized spacial score (nSPS) is 14.3. The predicted molar refractivity (Wildman–Crippen MR) is 90.2 cm³/mol. The number of carbonyl (C=O) groups is 1. The van der Waals surface area contributed by atoms with Crippen LogP contribution in [-0.2, 0) is 11.3 Å². The van der Waals surface area contributed by atoms with Gasteiger partial charge in [-0.2, -0.15) is 0 Å². The summed E-state index contributed by atoms with van der Waals surface area (Å²) in [5.74, 6) is 2.62. The fraction of sp³-hybridized carbons (Fsp3) is 0.444. The molecule has 0 bridgehead atoms. The molecule has 6 nitrogen and oxygen atoms in total. The number of likely N-dealkylation sites (tertiary alicyclic amines) is 1. The number of methoxy groups -OCH3 is 1. The van der Waals surface area contributed by atoms with Crippen molar-refractivity contribution in [2.75, 3.05) is 20.2 Å². The molecule has 2 aromatic rings. The van der Waals surface area contributed by atoms with E-state index < -0.39 is 0 Å². The number of aromatic nitrogens is 2. The Labute approximate surface area is 142 Å². The van der Waals surface area contributed by atoms with E-state index in [9.17, 15) is 4.79 Å². The number of benzene rings is 1. The maximum Gasteiger partial charge on any atom is 0.222 e. The van der Waals surface area contributed by atoms with E-state index in [1.54, 1.807) is 13.3 Å². The van der Waals surface area contributed by atoms with E-state index >= 15 is 0 Å². The molecule has 0 radical (unpaired) electrons. The zero-order chi connectivity index (χ0) is 16.9. The molecular formula is C18H23N3O3. The Morgan fingerprint density at radius 2 is 2.04 bits per heavy atom. The molecule has 1 amide bonds. The maximum atomic E-state index is 12.2. The van der Waals surface area contributed by atoms with Crippen molar-refractivity contribution in [3.63, 3.8) is 0 Å². The zero-order valence-electron chi connectivity index (χ0n) is 14.1. The molecule has 2 heterocycles. The molecule has 1 saturated heterocycles. The van der Waals surface area contributed by atoms with Crippen LogP contribution >= 0.6 is 0 Å². The molecule has 1 fully saturated rings. The molecule has 1 aliphatic rings. The van der Waals surface area contributed by atoms with Crippen LogP contribution in [0.15, 0.2) is 36.7 Å². The highest BCUT2D eigenvalue weighted by molar-refractivity contribution is 5.77. The van der Waals surface area contributed by atoms with Crippen LogP contribution in [0.2, 0.25) is 0 Å². The molecule has 0 spiro atoms. The molecule has 0 atom stereocenters. The monoisotopic (exact) mass is 329 g/mol. The van der Waals surface area contributed by atoms with Gasteiger partial charge in [0, 0.05) is 25.4 Å². The fourth-order valence-corrected chi connectivity index (χ4v) is 2.81. The second-order valence-electron chi connectivity index (χ2n) is 5.96. The summed E-state index contributed by atoms with van der Waals surface area (Å²) in [5, 5.41) is 0. The second kappa shape index (κ2) is 7.38. The number of para-hydroxylation sites is 2. The Balaban J connectivity index is 1.40. The van der Waals surface area contributed by atoms with Crippen molar-refractivity contribution in [1.82, 2.24) is 14.5 Å². The van der Waals surface area contributed by atoms with Crippen molar-refractivity contribution in [3.05, 3.63) is 42.5 Å². The van der Waals surface area contributed by atoms with Crippen molar-refractivity contribution in [1.29, 1.82) is 0 Å². The van der Waals surface area contributed by atoms with Crippen LogP contribution < -0.4 is 9.47 Å². The SMILES string of the molecule is COc1ccccc1OC1CN(C(=O)CCCn2ccnc2C)C1. The molecule has 3 rings (SSSR count). The number of imidazole rings is 1. The van der Waals surface area contributed by atoms with Gasteiger partial charge in [-0.15, -0.1) is 0 Å². The number of hydrogen-bond donors (Lipinski definition) is 0. The Morgan fingerprint density at radius 3 is 2.71 bits per heavy atom. The molecule has 1 aromatic heterocycles. The van der Waals surface area contributed by atoms with Gasteiger partial charge < -0.3 is 18.9 Å². The van der Waals surface area contributed by atoms with E-state index in [0.29, 0.717) is 19.5 Å². The van der Waals surface area contributed by atoms with Gasteiger partial charge in [0.2, 0.25) is 5.91 Å². The Kier molecular flexibility index (Phi) is 5.03. The third-order valence-corrected chi connectivity index (χ3v) is 4.28. The quantitative estimate of drug-likeness (QED) is 0.782. The first kappa shape index (κ1) is 16.4. The largest absolute Gasteiger partial charge is 0.493 e. The minimum absolute atomic E-state index is 0.0427. The summed E-state index contributed by atoms with van der Waals surface area (Å²) in [4.78, 5) is 18.2. The molecule has 0 N–H and O–H groups in total. The van der Waals surface area contributed by atoms with E-state index in [4.69, 9.17) is 9.47 Å². The number of ether oxygens (including phenoxy) is 2. The Morgan fingerprint density at radius 1 is 1.29 bits per heavy atom. The molecule has 0 saturated carbocycles. The van der Waals surface area contributed by atoms with Crippen molar-refractivity contribution >= 4 is 5.91 Å². The molecule has 1 aromatic carbocycles. The van der Waals surface area contributed by atoms with Gasteiger partial charge in [-0.25, -0.2) is 4.98 Å². The van der Waals surface area contributed by atoms with E-state index in [1.807, 2.05) is 42.3 Å². The summed E-state index contributed by atoms with van der Waals surface area (Å²) in [5.41, 5.74) is 0. The summed E-state index contributed by atoms with van der Waals surface area (Å²) in [6.07, 6.45) is 5.15. The Bertz CT molecular complexity index is 692. The van der Waals surface area contributed by atoms with E-state index in [2.05, 4.69) is 9.55 Å². The molecule has 6 heteroatoms. The lowest BCUT2D eigenvalue weighted by Gasteiger charge is -2.39. The lowest BCUT2D eigenvalue weighted by Crippen LogP contribution is -2.56. The zero-order valence-corrected chi connectivity index (χ0v) is 14.1. The summed E-state index contributed by atoms with van der Waals surface area (Å²) < 4.78 is 13.2. The van der Waals surface area contributed by atoms with Crippen LogP contribution in [-0.4, -0.2) is 46.7 Å². The van der Waals surface area contributed by atoms with E-state index in [0.717, 1.165) is 30.3 Å². The van der Waals surface area contributed by atoms with Gasteiger partial charge in [0.25, 0.3) is 0 Å². The predicted octanol–water partition coefficient (Wildman–Crippen LogP) is 2.27. The topological polar surface area (TPSA) is 56.6 Å². The molecular weight excluding hydrogens is 306 g/mol. The van der Waals surface area contributed by atoms with Crippen LogP contribution in [0.1, 0.15) is 18.7 Å². The molecule has 0 unspecified atom stereocenters. The standard InChI is InChI=1S/C18H23N3O3/c1-14-19-9-11-20(14)10-5-8-18(22)21-12-15(13-21)24-17-7-4-3-6-16(17)23-2/h3-4,6-7,9,11,15H,5,8,10,12-13H2,1-2H3. The van der Waals surface area contributed by atoms with Crippen molar-refractivity contribution in [3.8, 4) is 11.5 Å². The van der Waals surface area contributed by atoms with E-state index in [-0.39, 0.29) is 12.0 Å². The highest BCUT2D eigenvalue weighted by Gasteiger charge is 2.32.